The Labute approximate surface area is 161 Å². The van der Waals surface area contributed by atoms with Gasteiger partial charge in [0.25, 0.3) is 0 Å². The van der Waals surface area contributed by atoms with E-state index in [-0.39, 0.29) is 5.91 Å². The summed E-state index contributed by atoms with van der Waals surface area (Å²) < 4.78 is 5.88. The Bertz CT molecular complexity index is 736. The Morgan fingerprint density at radius 1 is 1.04 bits per heavy atom. The van der Waals surface area contributed by atoms with E-state index in [1.165, 1.54) is 5.56 Å². The lowest BCUT2D eigenvalue weighted by Gasteiger charge is -2.16. The smallest absolute Gasteiger partial charge is 0.234 e. The number of ether oxygens (including phenoxy) is 1. The molecule has 26 heavy (non-hydrogen) atoms. The van der Waals surface area contributed by atoms with Gasteiger partial charge < -0.3 is 10.1 Å². The highest BCUT2D eigenvalue weighted by Crippen LogP contribution is 2.27. The number of aryl methyl sites for hydroxylation is 3. The van der Waals surface area contributed by atoms with Gasteiger partial charge in [-0.15, -0.1) is 11.8 Å². The van der Waals surface area contributed by atoms with Crippen LogP contribution in [0.25, 0.3) is 0 Å². The summed E-state index contributed by atoms with van der Waals surface area (Å²) in [5.41, 5.74) is 5.54. The molecular weight excluding hydrogens is 342 g/mol. The fourth-order valence-electron chi connectivity index (χ4n) is 2.91. The highest BCUT2D eigenvalue weighted by molar-refractivity contribution is 7.99. The molecule has 0 aromatic heterocycles. The average Bonchev–Trinajstić information content (AvgIpc) is 2.58. The molecule has 0 atom stereocenters. The largest absolute Gasteiger partial charge is 0.492 e. The first-order chi connectivity index (χ1) is 12.4. The van der Waals surface area contributed by atoms with Gasteiger partial charge in [0.05, 0.1) is 12.4 Å². The summed E-state index contributed by atoms with van der Waals surface area (Å²) in [5, 5.41) is 3.09. The monoisotopic (exact) mass is 371 g/mol. The van der Waals surface area contributed by atoms with E-state index in [4.69, 9.17) is 4.74 Å². The molecular formula is C22H29NO2S. The van der Waals surface area contributed by atoms with Gasteiger partial charge in [-0.2, -0.15) is 0 Å². The highest BCUT2D eigenvalue weighted by Gasteiger charge is 2.12. The van der Waals surface area contributed by atoms with Gasteiger partial charge in [0.2, 0.25) is 5.91 Å². The van der Waals surface area contributed by atoms with Crippen LogP contribution in [-0.2, 0) is 4.79 Å². The van der Waals surface area contributed by atoms with Crippen molar-refractivity contribution in [2.45, 2.75) is 40.5 Å². The number of anilines is 1. The van der Waals surface area contributed by atoms with Crippen molar-refractivity contribution in [1.29, 1.82) is 0 Å². The van der Waals surface area contributed by atoms with Gasteiger partial charge in [-0.3, -0.25) is 4.79 Å². The second-order valence-electron chi connectivity index (χ2n) is 6.86. The van der Waals surface area contributed by atoms with Gasteiger partial charge in [0.1, 0.15) is 5.75 Å². The zero-order valence-electron chi connectivity index (χ0n) is 16.4. The van der Waals surface area contributed by atoms with Crippen LogP contribution in [0.5, 0.6) is 5.75 Å². The normalized spacial score (nSPS) is 10.8. The molecule has 0 radical (unpaired) electrons. The fourth-order valence-corrected chi connectivity index (χ4v) is 3.52. The molecule has 0 heterocycles. The highest BCUT2D eigenvalue weighted by atomic mass is 32.2. The lowest BCUT2D eigenvalue weighted by molar-refractivity contribution is -0.113. The summed E-state index contributed by atoms with van der Waals surface area (Å²) in [4.78, 5) is 12.3. The number of nitrogens with one attached hydrogen (secondary N) is 1. The molecule has 0 aliphatic carbocycles. The van der Waals surface area contributed by atoms with E-state index in [1.54, 1.807) is 11.8 Å². The summed E-state index contributed by atoms with van der Waals surface area (Å²) in [5.74, 6) is 2.59. The average molecular weight is 372 g/mol. The zero-order chi connectivity index (χ0) is 19.1. The van der Waals surface area contributed by atoms with Crippen LogP contribution in [0.4, 0.5) is 5.69 Å². The number of benzene rings is 2. The third-order valence-electron chi connectivity index (χ3n) is 4.31. The van der Waals surface area contributed by atoms with Crippen LogP contribution in [-0.4, -0.2) is 24.0 Å². The Balaban J connectivity index is 1.80. The van der Waals surface area contributed by atoms with Crippen LogP contribution in [0.1, 0.15) is 42.0 Å². The SMILES string of the molecule is Cc1cccc(C(C)C)c1NC(=O)CSCCOc1c(C)cccc1C. The number of para-hydroxylation sites is 2. The Morgan fingerprint density at radius 3 is 2.31 bits per heavy atom. The molecule has 3 nitrogen and oxygen atoms in total. The minimum absolute atomic E-state index is 0.0401. The molecule has 1 N–H and O–H groups in total. The summed E-state index contributed by atoms with van der Waals surface area (Å²) in [6.07, 6.45) is 0. The van der Waals surface area contributed by atoms with Crippen molar-refractivity contribution in [3.63, 3.8) is 0 Å². The van der Waals surface area contributed by atoms with E-state index >= 15 is 0 Å². The van der Waals surface area contributed by atoms with Gasteiger partial charge in [-0.05, 0) is 48.9 Å². The van der Waals surface area contributed by atoms with E-state index in [9.17, 15) is 4.79 Å². The number of carbonyl (C=O) groups excluding carboxylic acids is 1. The minimum atomic E-state index is 0.0401. The summed E-state index contributed by atoms with van der Waals surface area (Å²) >= 11 is 1.59. The first-order valence-electron chi connectivity index (χ1n) is 9.06. The molecule has 0 saturated heterocycles. The van der Waals surface area contributed by atoms with E-state index in [2.05, 4.69) is 51.2 Å². The lowest BCUT2D eigenvalue weighted by Crippen LogP contribution is -2.17. The van der Waals surface area contributed by atoms with Gasteiger partial charge in [0.15, 0.2) is 0 Å². The summed E-state index contributed by atoms with van der Waals surface area (Å²) in [6.45, 7) is 11.0. The van der Waals surface area contributed by atoms with E-state index < -0.39 is 0 Å². The molecule has 0 saturated carbocycles. The van der Waals surface area contributed by atoms with Crippen LogP contribution in [0.2, 0.25) is 0 Å². The molecule has 0 aliphatic rings. The molecule has 2 rings (SSSR count). The third kappa shape index (κ3) is 5.53. The van der Waals surface area contributed by atoms with Crippen LogP contribution in [0.15, 0.2) is 36.4 Å². The van der Waals surface area contributed by atoms with Gasteiger partial charge in [-0.25, -0.2) is 0 Å². The molecule has 0 spiro atoms. The van der Waals surface area contributed by atoms with Crippen molar-refractivity contribution in [2.24, 2.45) is 0 Å². The van der Waals surface area contributed by atoms with Crippen molar-refractivity contribution in [2.75, 3.05) is 23.4 Å². The zero-order valence-corrected chi connectivity index (χ0v) is 17.2. The van der Waals surface area contributed by atoms with Crippen molar-refractivity contribution in [3.05, 3.63) is 58.7 Å². The maximum atomic E-state index is 12.3. The quantitative estimate of drug-likeness (QED) is 0.624. The molecule has 4 heteroatoms. The second-order valence-corrected chi connectivity index (χ2v) is 7.97. The molecule has 0 bridgehead atoms. The number of amides is 1. The number of carbonyl (C=O) groups is 1. The van der Waals surface area contributed by atoms with Gasteiger partial charge in [0, 0.05) is 11.4 Å². The van der Waals surface area contributed by atoms with Crippen molar-refractivity contribution in [1.82, 2.24) is 0 Å². The molecule has 0 aliphatic heterocycles. The fraction of sp³-hybridized carbons (Fsp3) is 0.409. The molecule has 1 amide bonds. The van der Waals surface area contributed by atoms with Gasteiger partial charge >= 0.3 is 0 Å². The van der Waals surface area contributed by atoms with Crippen LogP contribution in [0, 0.1) is 20.8 Å². The number of hydrogen-bond acceptors (Lipinski definition) is 3. The Morgan fingerprint density at radius 2 is 1.65 bits per heavy atom. The first kappa shape index (κ1) is 20.4. The maximum absolute atomic E-state index is 12.3. The van der Waals surface area contributed by atoms with Crippen LogP contribution in [0.3, 0.4) is 0 Å². The maximum Gasteiger partial charge on any atom is 0.234 e. The molecule has 0 unspecified atom stereocenters. The van der Waals surface area contributed by atoms with Crippen molar-refractivity contribution < 1.29 is 9.53 Å². The molecule has 140 valence electrons. The number of rotatable bonds is 8. The Kier molecular flexibility index (Phi) is 7.58. The first-order valence-corrected chi connectivity index (χ1v) is 10.2. The predicted octanol–water partition coefficient (Wildman–Crippen LogP) is 5.49. The van der Waals surface area contributed by atoms with E-state index in [0.29, 0.717) is 18.3 Å². The molecule has 2 aromatic rings. The second kappa shape index (κ2) is 9.67. The standard InChI is InChI=1S/C22H29NO2S/c1-15(2)19-11-7-8-16(3)21(19)23-20(24)14-26-13-12-25-22-17(4)9-6-10-18(22)5/h6-11,15H,12-14H2,1-5H3,(H,23,24). The molecule has 2 aromatic carbocycles. The topological polar surface area (TPSA) is 38.3 Å². The van der Waals surface area contributed by atoms with Crippen molar-refractivity contribution >= 4 is 23.4 Å². The third-order valence-corrected chi connectivity index (χ3v) is 5.23. The van der Waals surface area contributed by atoms with Gasteiger partial charge in [-0.1, -0.05) is 50.2 Å². The van der Waals surface area contributed by atoms with Crippen LogP contribution >= 0.6 is 11.8 Å². The Hall–Kier alpha value is -1.94. The minimum Gasteiger partial charge on any atom is -0.492 e. The number of thioether (sulfide) groups is 1. The van der Waals surface area contributed by atoms with Crippen molar-refractivity contribution in [3.8, 4) is 5.75 Å². The summed E-state index contributed by atoms with van der Waals surface area (Å²) in [7, 11) is 0. The molecule has 0 fully saturated rings. The number of hydrogen-bond donors (Lipinski definition) is 1. The van der Waals surface area contributed by atoms with Crippen LogP contribution < -0.4 is 10.1 Å². The van der Waals surface area contributed by atoms with E-state index in [0.717, 1.165) is 33.9 Å². The summed E-state index contributed by atoms with van der Waals surface area (Å²) in [6, 6.07) is 12.3. The van der Waals surface area contributed by atoms with E-state index in [1.807, 2.05) is 25.1 Å². The lowest BCUT2D eigenvalue weighted by atomic mass is 9.98. The predicted molar refractivity (Wildman–Crippen MR) is 113 cm³/mol.